The highest BCUT2D eigenvalue weighted by Crippen LogP contribution is 2.42. The van der Waals surface area contributed by atoms with Gasteiger partial charge in [0.05, 0.1) is 3.79 Å². The number of rotatable bonds is 2. The number of carbonyl (C=O) groups excluding carboxylic acids is 1. The average molecular weight is 336 g/mol. The van der Waals surface area contributed by atoms with Crippen LogP contribution in [0.1, 0.15) is 40.6 Å². The van der Waals surface area contributed by atoms with Crippen molar-refractivity contribution < 1.29 is 4.79 Å². The van der Waals surface area contributed by atoms with Crippen LogP contribution in [-0.4, -0.2) is 11.3 Å². The SMILES string of the molecule is Cc1ccnc2c1C(C=O)CC(c1ccsc1Br)C2. The van der Waals surface area contributed by atoms with E-state index in [9.17, 15) is 4.79 Å². The molecule has 3 rings (SSSR count). The molecule has 0 aliphatic heterocycles. The van der Waals surface area contributed by atoms with Gasteiger partial charge in [-0.25, -0.2) is 0 Å². The first-order valence-electron chi connectivity index (χ1n) is 6.33. The molecule has 2 heterocycles. The van der Waals surface area contributed by atoms with E-state index in [2.05, 4.69) is 39.3 Å². The van der Waals surface area contributed by atoms with Gasteiger partial charge in [0.15, 0.2) is 0 Å². The van der Waals surface area contributed by atoms with Gasteiger partial charge in [0, 0.05) is 17.8 Å². The number of fused-ring (bicyclic) bond motifs is 1. The van der Waals surface area contributed by atoms with Crippen LogP contribution < -0.4 is 0 Å². The van der Waals surface area contributed by atoms with Gasteiger partial charge in [0.25, 0.3) is 0 Å². The van der Waals surface area contributed by atoms with Crippen LogP contribution in [0.25, 0.3) is 0 Å². The normalized spacial score (nSPS) is 22.0. The zero-order valence-electron chi connectivity index (χ0n) is 10.6. The Kier molecular flexibility index (Phi) is 3.54. The summed E-state index contributed by atoms with van der Waals surface area (Å²) in [6, 6.07) is 4.15. The van der Waals surface area contributed by atoms with E-state index in [1.807, 2.05) is 12.3 Å². The van der Waals surface area contributed by atoms with Crippen molar-refractivity contribution in [3.63, 3.8) is 0 Å². The molecule has 0 bridgehead atoms. The molecule has 1 aliphatic rings. The van der Waals surface area contributed by atoms with Crippen LogP contribution in [0, 0.1) is 6.92 Å². The van der Waals surface area contributed by atoms with Gasteiger partial charge in [-0.3, -0.25) is 4.98 Å². The van der Waals surface area contributed by atoms with E-state index in [-0.39, 0.29) is 5.92 Å². The quantitative estimate of drug-likeness (QED) is 0.769. The van der Waals surface area contributed by atoms with Gasteiger partial charge >= 0.3 is 0 Å². The lowest BCUT2D eigenvalue weighted by molar-refractivity contribution is -0.109. The summed E-state index contributed by atoms with van der Waals surface area (Å²) >= 11 is 5.31. The Morgan fingerprint density at radius 2 is 2.32 bits per heavy atom. The summed E-state index contributed by atoms with van der Waals surface area (Å²) in [5, 5.41) is 2.09. The first-order valence-corrected chi connectivity index (χ1v) is 8.00. The highest BCUT2D eigenvalue weighted by Gasteiger charge is 2.30. The Morgan fingerprint density at radius 1 is 1.47 bits per heavy atom. The highest BCUT2D eigenvalue weighted by atomic mass is 79.9. The summed E-state index contributed by atoms with van der Waals surface area (Å²) in [6.07, 6.45) is 4.75. The molecule has 4 heteroatoms. The third-order valence-electron chi connectivity index (χ3n) is 3.89. The maximum Gasteiger partial charge on any atom is 0.127 e. The largest absolute Gasteiger partial charge is 0.303 e. The van der Waals surface area contributed by atoms with E-state index >= 15 is 0 Å². The Morgan fingerprint density at radius 3 is 3.00 bits per heavy atom. The van der Waals surface area contributed by atoms with Gasteiger partial charge in [0.1, 0.15) is 6.29 Å². The standard InChI is InChI=1S/C15H14BrNOS/c1-9-2-4-17-13-7-10(6-11(8-18)14(9)13)12-3-5-19-15(12)16/h2-5,8,10-11H,6-7H2,1H3. The molecule has 0 amide bonds. The van der Waals surface area contributed by atoms with Crippen molar-refractivity contribution in [2.24, 2.45) is 0 Å². The molecule has 0 fully saturated rings. The third kappa shape index (κ3) is 2.28. The van der Waals surface area contributed by atoms with Gasteiger partial charge in [-0.15, -0.1) is 11.3 Å². The van der Waals surface area contributed by atoms with Crippen molar-refractivity contribution in [2.75, 3.05) is 0 Å². The lowest BCUT2D eigenvalue weighted by Gasteiger charge is -2.29. The van der Waals surface area contributed by atoms with E-state index in [4.69, 9.17) is 0 Å². The molecule has 1 aliphatic carbocycles. The van der Waals surface area contributed by atoms with Crippen molar-refractivity contribution in [1.82, 2.24) is 4.98 Å². The average Bonchev–Trinajstić information content (AvgIpc) is 2.84. The summed E-state index contributed by atoms with van der Waals surface area (Å²) in [5.41, 5.74) is 4.74. The van der Waals surface area contributed by atoms with E-state index in [1.165, 1.54) is 14.9 Å². The summed E-state index contributed by atoms with van der Waals surface area (Å²) in [5.74, 6) is 0.367. The number of aromatic nitrogens is 1. The molecule has 0 aromatic carbocycles. The van der Waals surface area contributed by atoms with Gasteiger partial charge in [-0.05, 0) is 75.8 Å². The van der Waals surface area contributed by atoms with Crippen LogP contribution in [0.15, 0.2) is 27.5 Å². The molecule has 19 heavy (non-hydrogen) atoms. The minimum absolute atomic E-state index is 0.0192. The van der Waals surface area contributed by atoms with Crippen LogP contribution >= 0.6 is 27.3 Å². The first kappa shape index (κ1) is 13.0. The number of thiophene rings is 1. The number of nitrogens with zero attached hydrogens (tertiary/aromatic N) is 1. The second-order valence-electron chi connectivity index (χ2n) is 5.02. The Hall–Kier alpha value is -1.00. The maximum atomic E-state index is 11.4. The molecule has 2 aromatic rings. The summed E-state index contributed by atoms with van der Waals surface area (Å²) in [7, 11) is 0. The van der Waals surface area contributed by atoms with Crippen LogP contribution in [0.2, 0.25) is 0 Å². The van der Waals surface area contributed by atoms with Crippen molar-refractivity contribution >= 4 is 33.6 Å². The van der Waals surface area contributed by atoms with Crippen molar-refractivity contribution in [1.29, 1.82) is 0 Å². The predicted molar refractivity (Wildman–Crippen MR) is 80.9 cm³/mol. The molecule has 2 atom stereocenters. The number of pyridine rings is 1. The smallest absolute Gasteiger partial charge is 0.127 e. The molecule has 98 valence electrons. The minimum Gasteiger partial charge on any atom is -0.303 e. The van der Waals surface area contributed by atoms with Gasteiger partial charge in [-0.2, -0.15) is 0 Å². The van der Waals surface area contributed by atoms with E-state index in [0.717, 1.165) is 30.4 Å². The zero-order chi connectivity index (χ0) is 13.4. The molecule has 0 saturated carbocycles. The maximum absolute atomic E-state index is 11.4. The number of aldehydes is 1. The number of halogens is 1. The molecule has 0 radical (unpaired) electrons. The first-order chi connectivity index (χ1) is 9.20. The van der Waals surface area contributed by atoms with Gasteiger partial charge in [0.2, 0.25) is 0 Å². The topological polar surface area (TPSA) is 30.0 Å². The minimum atomic E-state index is -0.0192. The molecule has 0 spiro atoms. The number of hydrogen-bond donors (Lipinski definition) is 0. The predicted octanol–water partition coefficient (Wildman–Crippen LogP) is 4.23. The Bertz CT molecular complexity index is 622. The second-order valence-corrected chi connectivity index (χ2v) is 7.25. The Labute approximate surface area is 125 Å². The molecule has 2 unspecified atom stereocenters. The van der Waals surface area contributed by atoms with Gasteiger partial charge < -0.3 is 4.79 Å². The third-order valence-corrected chi connectivity index (χ3v) is 5.62. The van der Waals surface area contributed by atoms with E-state index in [1.54, 1.807) is 11.3 Å². The molecular formula is C15H14BrNOS. The van der Waals surface area contributed by atoms with Crippen LogP contribution in [0.3, 0.4) is 0 Å². The fraction of sp³-hybridized carbons (Fsp3) is 0.333. The lowest BCUT2D eigenvalue weighted by atomic mass is 9.76. The molecule has 0 N–H and O–H groups in total. The van der Waals surface area contributed by atoms with E-state index in [0.29, 0.717) is 5.92 Å². The molecular weight excluding hydrogens is 322 g/mol. The van der Waals surface area contributed by atoms with Crippen molar-refractivity contribution in [3.8, 4) is 0 Å². The zero-order valence-corrected chi connectivity index (χ0v) is 13.0. The second kappa shape index (κ2) is 5.17. The molecule has 2 nitrogen and oxygen atoms in total. The lowest BCUT2D eigenvalue weighted by Crippen LogP contribution is -2.20. The van der Waals surface area contributed by atoms with E-state index < -0.39 is 0 Å². The fourth-order valence-corrected chi connectivity index (χ4v) is 4.48. The van der Waals surface area contributed by atoms with Crippen molar-refractivity contribution in [2.45, 2.75) is 31.6 Å². The summed E-state index contributed by atoms with van der Waals surface area (Å²) in [6.45, 7) is 2.07. The highest BCUT2D eigenvalue weighted by molar-refractivity contribution is 9.11. The number of hydrogen-bond acceptors (Lipinski definition) is 3. The van der Waals surface area contributed by atoms with Crippen molar-refractivity contribution in [3.05, 3.63) is 49.9 Å². The van der Waals surface area contributed by atoms with Crippen LogP contribution in [0.4, 0.5) is 0 Å². The van der Waals surface area contributed by atoms with Crippen LogP contribution in [0.5, 0.6) is 0 Å². The summed E-state index contributed by atoms with van der Waals surface area (Å²) < 4.78 is 1.18. The Balaban J connectivity index is 2.03. The monoisotopic (exact) mass is 335 g/mol. The fourth-order valence-electron chi connectivity index (χ4n) is 2.99. The molecule has 2 aromatic heterocycles. The molecule has 0 saturated heterocycles. The number of aryl methyl sites for hydroxylation is 1. The van der Waals surface area contributed by atoms with Crippen LogP contribution in [-0.2, 0) is 11.2 Å². The summed E-state index contributed by atoms with van der Waals surface area (Å²) in [4.78, 5) is 15.9. The number of carbonyl (C=O) groups is 1. The van der Waals surface area contributed by atoms with Gasteiger partial charge in [-0.1, -0.05) is 0 Å².